The fourth-order valence-corrected chi connectivity index (χ4v) is 5.24. The summed E-state index contributed by atoms with van der Waals surface area (Å²) < 4.78 is 0. The summed E-state index contributed by atoms with van der Waals surface area (Å²) >= 11 is 0. The van der Waals surface area contributed by atoms with Crippen molar-refractivity contribution in [1.82, 2.24) is 0 Å². The van der Waals surface area contributed by atoms with Gasteiger partial charge >= 0.3 is 0 Å². The van der Waals surface area contributed by atoms with Crippen LogP contribution in [0, 0.1) is 0 Å². The molecule has 0 heterocycles. The monoisotopic (exact) mass is 532 g/mol. The van der Waals surface area contributed by atoms with Gasteiger partial charge in [-0.15, -0.1) is 0 Å². The number of hydrogen-bond donors (Lipinski definition) is 0. The molecule has 0 aliphatic rings. The Kier molecular flexibility index (Phi) is 9.40. The maximum absolute atomic E-state index is 2.46. The SMILES string of the molecule is CCCCc1ccc(N(c2ccc(N(c3ccccc3)C(C)(C)CC)cc2)c2ccc(C(C)(C)CC)cc2)cc1. The Bertz CT molecular complexity index is 1320. The van der Waals surface area contributed by atoms with E-state index in [9.17, 15) is 0 Å². The lowest BCUT2D eigenvalue weighted by atomic mass is 9.82. The van der Waals surface area contributed by atoms with Crippen molar-refractivity contribution in [3.8, 4) is 0 Å². The molecule has 4 aromatic rings. The molecule has 2 nitrogen and oxygen atoms in total. The van der Waals surface area contributed by atoms with Crippen LogP contribution in [0.4, 0.5) is 28.4 Å². The van der Waals surface area contributed by atoms with Crippen LogP contribution < -0.4 is 9.80 Å². The molecule has 0 aliphatic carbocycles. The van der Waals surface area contributed by atoms with Crippen LogP contribution in [-0.2, 0) is 11.8 Å². The van der Waals surface area contributed by atoms with E-state index in [4.69, 9.17) is 0 Å². The van der Waals surface area contributed by atoms with Gasteiger partial charge in [-0.3, -0.25) is 0 Å². The van der Waals surface area contributed by atoms with E-state index < -0.39 is 0 Å². The van der Waals surface area contributed by atoms with Crippen molar-refractivity contribution < 1.29 is 0 Å². The summed E-state index contributed by atoms with van der Waals surface area (Å²) in [5.41, 5.74) is 8.88. The Hall–Kier alpha value is -3.52. The molecular formula is C38H48N2. The van der Waals surface area contributed by atoms with Crippen molar-refractivity contribution in [2.45, 2.75) is 91.5 Å². The zero-order valence-corrected chi connectivity index (χ0v) is 25.7. The summed E-state index contributed by atoms with van der Waals surface area (Å²) in [5.74, 6) is 0. The van der Waals surface area contributed by atoms with Crippen molar-refractivity contribution in [3.63, 3.8) is 0 Å². The lowest BCUT2D eigenvalue weighted by molar-refractivity contribution is 0.488. The van der Waals surface area contributed by atoms with Gasteiger partial charge in [-0.1, -0.05) is 83.5 Å². The highest BCUT2D eigenvalue weighted by molar-refractivity contribution is 5.78. The van der Waals surface area contributed by atoms with Crippen LogP contribution in [0.25, 0.3) is 0 Å². The van der Waals surface area contributed by atoms with Gasteiger partial charge in [0.05, 0.1) is 0 Å². The van der Waals surface area contributed by atoms with Gasteiger partial charge < -0.3 is 9.80 Å². The molecule has 0 aliphatic heterocycles. The van der Waals surface area contributed by atoms with Crippen LogP contribution in [0.15, 0.2) is 103 Å². The minimum absolute atomic E-state index is 0.0151. The fraction of sp³-hybridized carbons (Fsp3) is 0.368. The number of unbranched alkanes of at least 4 members (excludes halogenated alkanes) is 1. The first-order chi connectivity index (χ1) is 19.2. The quantitative estimate of drug-likeness (QED) is 0.179. The number of para-hydroxylation sites is 1. The maximum atomic E-state index is 2.46. The molecule has 0 radical (unpaired) electrons. The van der Waals surface area contributed by atoms with Crippen LogP contribution in [0.2, 0.25) is 0 Å². The zero-order valence-electron chi connectivity index (χ0n) is 25.7. The van der Waals surface area contributed by atoms with Gasteiger partial charge in [-0.2, -0.15) is 0 Å². The molecule has 0 spiro atoms. The highest BCUT2D eigenvalue weighted by Gasteiger charge is 2.27. The predicted octanol–water partition coefficient (Wildman–Crippen LogP) is 11.5. The Balaban J connectivity index is 1.75. The molecular weight excluding hydrogens is 484 g/mol. The van der Waals surface area contributed by atoms with Gasteiger partial charge in [0.15, 0.2) is 0 Å². The standard InChI is InChI=1S/C38H48N2/c1-8-11-15-30-18-22-32(23-19-30)39(33-24-20-31(21-25-33)37(4,5)9-2)34-26-28-36(29-27-34)40(38(6,7)10-3)35-16-13-12-14-17-35/h12-14,16-29H,8-11,15H2,1-7H3. The largest absolute Gasteiger partial charge is 0.336 e. The number of anilines is 5. The van der Waals surface area contributed by atoms with Crippen molar-refractivity contribution in [2.24, 2.45) is 0 Å². The lowest BCUT2D eigenvalue weighted by Gasteiger charge is -2.40. The van der Waals surface area contributed by atoms with Crippen LogP contribution in [0.3, 0.4) is 0 Å². The molecule has 0 N–H and O–H groups in total. The van der Waals surface area contributed by atoms with Gasteiger partial charge in [0.25, 0.3) is 0 Å². The number of aryl methyl sites for hydroxylation is 1. The molecule has 0 unspecified atom stereocenters. The molecule has 2 heteroatoms. The Morgan fingerprint density at radius 2 is 1.00 bits per heavy atom. The van der Waals surface area contributed by atoms with E-state index >= 15 is 0 Å². The third-order valence-corrected chi connectivity index (χ3v) is 8.66. The smallest absolute Gasteiger partial charge is 0.0463 e. The average Bonchev–Trinajstić information content (AvgIpc) is 2.98. The molecule has 4 rings (SSSR count). The second-order valence-electron chi connectivity index (χ2n) is 12.2. The molecule has 0 fully saturated rings. The summed E-state index contributed by atoms with van der Waals surface area (Å²) in [5, 5.41) is 0. The van der Waals surface area contributed by atoms with Gasteiger partial charge in [0.1, 0.15) is 0 Å². The molecule has 210 valence electrons. The number of benzene rings is 4. The second kappa shape index (κ2) is 12.8. The van der Waals surface area contributed by atoms with E-state index in [2.05, 4.69) is 161 Å². The van der Waals surface area contributed by atoms with E-state index in [0.29, 0.717) is 0 Å². The van der Waals surface area contributed by atoms with E-state index in [-0.39, 0.29) is 11.0 Å². The predicted molar refractivity (Wildman–Crippen MR) is 176 cm³/mol. The van der Waals surface area contributed by atoms with Crippen molar-refractivity contribution in [3.05, 3.63) is 114 Å². The first-order valence-corrected chi connectivity index (χ1v) is 15.1. The first kappa shape index (κ1) is 29.5. The van der Waals surface area contributed by atoms with Crippen molar-refractivity contribution in [2.75, 3.05) is 9.80 Å². The molecule has 0 bridgehead atoms. The van der Waals surface area contributed by atoms with E-state index in [0.717, 1.165) is 24.9 Å². The van der Waals surface area contributed by atoms with E-state index in [1.165, 1.54) is 46.7 Å². The molecule has 0 saturated heterocycles. The van der Waals surface area contributed by atoms with Gasteiger partial charge in [0, 0.05) is 34.0 Å². The van der Waals surface area contributed by atoms with Crippen molar-refractivity contribution in [1.29, 1.82) is 0 Å². The second-order valence-corrected chi connectivity index (χ2v) is 12.2. The van der Waals surface area contributed by atoms with Crippen LogP contribution in [0.5, 0.6) is 0 Å². The molecule has 4 aromatic carbocycles. The average molecular weight is 533 g/mol. The molecule has 0 aromatic heterocycles. The summed E-state index contributed by atoms with van der Waals surface area (Å²) in [4.78, 5) is 4.85. The highest BCUT2D eigenvalue weighted by atomic mass is 15.2. The number of nitrogens with zero attached hydrogens (tertiary/aromatic N) is 2. The van der Waals surface area contributed by atoms with Gasteiger partial charge in [-0.05, 0) is 117 Å². The number of rotatable bonds is 12. The summed E-state index contributed by atoms with van der Waals surface area (Å²) in [6.07, 6.45) is 5.74. The molecule has 0 atom stereocenters. The van der Waals surface area contributed by atoms with Crippen molar-refractivity contribution >= 4 is 28.4 Å². The van der Waals surface area contributed by atoms with Gasteiger partial charge in [-0.25, -0.2) is 0 Å². The Morgan fingerprint density at radius 3 is 1.50 bits per heavy atom. The number of hydrogen-bond acceptors (Lipinski definition) is 2. The third-order valence-electron chi connectivity index (χ3n) is 8.66. The molecule has 0 amide bonds. The lowest BCUT2D eigenvalue weighted by Crippen LogP contribution is -2.40. The summed E-state index contributed by atoms with van der Waals surface area (Å²) in [6, 6.07) is 38.1. The minimum atomic E-state index is -0.0151. The van der Waals surface area contributed by atoms with E-state index in [1.807, 2.05) is 0 Å². The highest BCUT2D eigenvalue weighted by Crippen LogP contribution is 2.40. The fourth-order valence-electron chi connectivity index (χ4n) is 5.24. The van der Waals surface area contributed by atoms with Crippen LogP contribution in [-0.4, -0.2) is 5.54 Å². The summed E-state index contributed by atoms with van der Waals surface area (Å²) in [6.45, 7) is 16.1. The first-order valence-electron chi connectivity index (χ1n) is 15.1. The topological polar surface area (TPSA) is 6.48 Å². The Morgan fingerprint density at radius 1 is 0.525 bits per heavy atom. The summed E-state index contributed by atoms with van der Waals surface area (Å²) in [7, 11) is 0. The third kappa shape index (κ3) is 6.61. The Labute approximate surface area is 243 Å². The van der Waals surface area contributed by atoms with E-state index in [1.54, 1.807) is 0 Å². The zero-order chi connectivity index (χ0) is 28.8. The van der Waals surface area contributed by atoms with Gasteiger partial charge in [0.2, 0.25) is 0 Å². The molecule has 0 saturated carbocycles. The van der Waals surface area contributed by atoms with Crippen LogP contribution in [0.1, 0.15) is 85.3 Å². The molecule has 40 heavy (non-hydrogen) atoms. The van der Waals surface area contributed by atoms with Crippen LogP contribution >= 0.6 is 0 Å². The maximum Gasteiger partial charge on any atom is 0.0463 e. The minimum Gasteiger partial charge on any atom is -0.336 e. The normalized spacial score (nSPS) is 11.9.